The fourth-order valence-corrected chi connectivity index (χ4v) is 1.49. The van der Waals surface area contributed by atoms with Gasteiger partial charge in [0.1, 0.15) is 0 Å². The van der Waals surface area contributed by atoms with Crippen molar-refractivity contribution in [3.05, 3.63) is 36.9 Å². The zero-order valence-electron chi connectivity index (χ0n) is 10.0. The standard InChI is InChI=1S/C12H9N5O2/c1-18-12-14-6-9(7-15-12)11-16-10(17-19-11)8-2-4-13-5-3-8/h2-7H,1H3. The van der Waals surface area contributed by atoms with E-state index in [9.17, 15) is 0 Å². The van der Waals surface area contributed by atoms with Crippen molar-refractivity contribution in [2.75, 3.05) is 7.11 Å². The van der Waals surface area contributed by atoms with E-state index in [0.717, 1.165) is 5.56 Å². The molecule has 0 bridgehead atoms. The fraction of sp³-hybridized carbons (Fsp3) is 0.0833. The Morgan fingerprint density at radius 3 is 2.47 bits per heavy atom. The summed E-state index contributed by atoms with van der Waals surface area (Å²) >= 11 is 0. The van der Waals surface area contributed by atoms with Gasteiger partial charge in [-0.25, -0.2) is 9.97 Å². The van der Waals surface area contributed by atoms with E-state index in [1.807, 2.05) is 0 Å². The smallest absolute Gasteiger partial charge is 0.316 e. The van der Waals surface area contributed by atoms with Crippen molar-refractivity contribution < 1.29 is 9.26 Å². The SMILES string of the molecule is COc1ncc(-c2nc(-c3ccncc3)no2)cn1. The third kappa shape index (κ3) is 2.25. The predicted octanol–water partition coefficient (Wildman–Crippen LogP) is 1.60. The third-order valence-electron chi connectivity index (χ3n) is 2.42. The van der Waals surface area contributed by atoms with Crippen LogP contribution in [0.15, 0.2) is 41.4 Å². The van der Waals surface area contributed by atoms with Crippen LogP contribution in [0.2, 0.25) is 0 Å². The van der Waals surface area contributed by atoms with Crippen LogP contribution < -0.4 is 4.74 Å². The molecule has 3 aromatic rings. The van der Waals surface area contributed by atoms with Gasteiger partial charge in [-0.3, -0.25) is 4.98 Å². The lowest BCUT2D eigenvalue weighted by Crippen LogP contribution is -1.91. The number of nitrogens with zero attached hydrogens (tertiary/aromatic N) is 5. The van der Waals surface area contributed by atoms with Gasteiger partial charge < -0.3 is 9.26 Å². The van der Waals surface area contributed by atoms with Gasteiger partial charge in [-0.05, 0) is 12.1 Å². The molecule has 0 amide bonds. The number of hydrogen-bond acceptors (Lipinski definition) is 7. The monoisotopic (exact) mass is 255 g/mol. The second kappa shape index (κ2) is 4.81. The molecule has 0 aliphatic heterocycles. The molecule has 0 atom stereocenters. The van der Waals surface area contributed by atoms with Crippen molar-refractivity contribution in [1.29, 1.82) is 0 Å². The van der Waals surface area contributed by atoms with E-state index in [2.05, 4.69) is 25.1 Å². The van der Waals surface area contributed by atoms with E-state index in [-0.39, 0.29) is 6.01 Å². The summed E-state index contributed by atoms with van der Waals surface area (Å²) in [5.74, 6) is 0.850. The molecule has 0 unspecified atom stereocenters. The predicted molar refractivity (Wildman–Crippen MR) is 65.1 cm³/mol. The molecule has 0 N–H and O–H groups in total. The van der Waals surface area contributed by atoms with Crippen molar-refractivity contribution in [2.45, 2.75) is 0 Å². The highest BCUT2D eigenvalue weighted by molar-refractivity contribution is 5.57. The lowest BCUT2D eigenvalue weighted by molar-refractivity contribution is 0.379. The van der Waals surface area contributed by atoms with Crippen LogP contribution in [0.3, 0.4) is 0 Å². The van der Waals surface area contributed by atoms with Gasteiger partial charge >= 0.3 is 6.01 Å². The summed E-state index contributed by atoms with van der Waals surface area (Å²) in [6.45, 7) is 0. The molecule has 3 heterocycles. The molecule has 3 aromatic heterocycles. The molecule has 0 fully saturated rings. The first kappa shape index (κ1) is 11.3. The van der Waals surface area contributed by atoms with Gasteiger partial charge in [-0.2, -0.15) is 4.98 Å². The zero-order chi connectivity index (χ0) is 13.1. The highest BCUT2D eigenvalue weighted by atomic mass is 16.5. The van der Waals surface area contributed by atoms with Gasteiger partial charge in [0, 0.05) is 30.4 Å². The van der Waals surface area contributed by atoms with E-state index >= 15 is 0 Å². The summed E-state index contributed by atoms with van der Waals surface area (Å²) in [4.78, 5) is 16.2. The Balaban J connectivity index is 1.92. The summed E-state index contributed by atoms with van der Waals surface area (Å²) in [5, 5.41) is 3.90. The highest BCUT2D eigenvalue weighted by Gasteiger charge is 2.11. The number of methoxy groups -OCH3 is 1. The Kier molecular flexibility index (Phi) is 2.85. The number of hydrogen-bond donors (Lipinski definition) is 0. The van der Waals surface area contributed by atoms with Crippen molar-refractivity contribution in [2.24, 2.45) is 0 Å². The minimum absolute atomic E-state index is 0.289. The fourth-order valence-electron chi connectivity index (χ4n) is 1.49. The molecule has 0 saturated carbocycles. The normalized spacial score (nSPS) is 10.4. The molecule has 0 radical (unpaired) electrons. The average Bonchev–Trinajstić information content (AvgIpc) is 2.98. The van der Waals surface area contributed by atoms with Crippen molar-refractivity contribution in [1.82, 2.24) is 25.1 Å². The maximum absolute atomic E-state index is 5.18. The second-order valence-corrected chi connectivity index (χ2v) is 3.62. The van der Waals surface area contributed by atoms with E-state index in [1.54, 1.807) is 36.9 Å². The molecule has 7 nitrogen and oxygen atoms in total. The summed E-state index contributed by atoms with van der Waals surface area (Å²) < 4.78 is 10.1. The summed E-state index contributed by atoms with van der Waals surface area (Å²) in [6, 6.07) is 3.90. The lowest BCUT2D eigenvalue weighted by atomic mass is 10.2. The van der Waals surface area contributed by atoms with Crippen LogP contribution in [-0.4, -0.2) is 32.2 Å². The molecule has 0 saturated heterocycles. The molecule has 0 aromatic carbocycles. The van der Waals surface area contributed by atoms with Crippen LogP contribution in [0.1, 0.15) is 0 Å². The summed E-state index contributed by atoms with van der Waals surface area (Å²) in [5.41, 5.74) is 1.47. The third-order valence-corrected chi connectivity index (χ3v) is 2.42. The number of aromatic nitrogens is 5. The minimum atomic E-state index is 0.289. The quantitative estimate of drug-likeness (QED) is 0.702. The Labute approximate surface area is 108 Å². The molecule has 3 rings (SSSR count). The molecule has 19 heavy (non-hydrogen) atoms. The second-order valence-electron chi connectivity index (χ2n) is 3.62. The maximum Gasteiger partial charge on any atom is 0.316 e. The zero-order valence-corrected chi connectivity index (χ0v) is 10.0. The first-order valence-corrected chi connectivity index (χ1v) is 5.47. The molecular weight excluding hydrogens is 246 g/mol. The molecule has 0 aliphatic rings. The Morgan fingerprint density at radius 1 is 1.05 bits per heavy atom. The van der Waals surface area contributed by atoms with Crippen LogP contribution in [0.4, 0.5) is 0 Å². The molecule has 94 valence electrons. The van der Waals surface area contributed by atoms with Gasteiger partial charge in [0.05, 0.1) is 12.7 Å². The van der Waals surface area contributed by atoms with Crippen molar-refractivity contribution >= 4 is 0 Å². The number of ether oxygens (including phenoxy) is 1. The number of rotatable bonds is 3. The van der Waals surface area contributed by atoms with E-state index in [0.29, 0.717) is 17.3 Å². The van der Waals surface area contributed by atoms with Crippen LogP contribution in [0.5, 0.6) is 6.01 Å². The molecular formula is C12H9N5O2. The Bertz CT molecular complexity index is 666. The van der Waals surface area contributed by atoms with Gasteiger partial charge in [0.25, 0.3) is 5.89 Å². The van der Waals surface area contributed by atoms with E-state index < -0.39 is 0 Å². The van der Waals surface area contributed by atoms with E-state index in [4.69, 9.17) is 9.26 Å². The Morgan fingerprint density at radius 2 is 1.79 bits per heavy atom. The van der Waals surface area contributed by atoms with Gasteiger partial charge in [-0.15, -0.1) is 0 Å². The van der Waals surface area contributed by atoms with Crippen LogP contribution in [0.25, 0.3) is 22.8 Å². The lowest BCUT2D eigenvalue weighted by Gasteiger charge is -1.96. The van der Waals surface area contributed by atoms with Crippen LogP contribution in [0, 0.1) is 0 Å². The van der Waals surface area contributed by atoms with Crippen LogP contribution >= 0.6 is 0 Å². The molecule has 0 spiro atoms. The number of pyridine rings is 1. The van der Waals surface area contributed by atoms with Gasteiger partial charge in [-0.1, -0.05) is 5.16 Å². The topological polar surface area (TPSA) is 86.8 Å². The summed E-state index contributed by atoms with van der Waals surface area (Å²) in [7, 11) is 1.50. The van der Waals surface area contributed by atoms with Crippen molar-refractivity contribution in [3.63, 3.8) is 0 Å². The van der Waals surface area contributed by atoms with Gasteiger partial charge in [0.2, 0.25) is 5.82 Å². The molecule has 0 aliphatic carbocycles. The molecule has 7 heteroatoms. The first-order chi connectivity index (χ1) is 9.36. The van der Waals surface area contributed by atoms with Crippen LogP contribution in [-0.2, 0) is 0 Å². The Hall–Kier alpha value is -2.83. The maximum atomic E-state index is 5.18. The van der Waals surface area contributed by atoms with Crippen molar-refractivity contribution in [3.8, 4) is 28.9 Å². The highest BCUT2D eigenvalue weighted by Crippen LogP contribution is 2.20. The van der Waals surface area contributed by atoms with Gasteiger partial charge in [0.15, 0.2) is 0 Å². The minimum Gasteiger partial charge on any atom is -0.467 e. The largest absolute Gasteiger partial charge is 0.467 e. The average molecular weight is 255 g/mol. The first-order valence-electron chi connectivity index (χ1n) is 5.47. The van der Waals surface area contributed by atoms with E-state index in [1.165, 1.54) is 7.11 Å². The summed E-state index contributed by atoms with van der Waals surface area (Å²) in [6.07, 6.45) is 6.47.